The predicted octanol–water partition coefficient (Wildman–Crippen LogP) is 7.33. The van der Waals surface area contributed by atoms with Gasteiger partial charge in [-0.3, -0.25) is 0 Å². The van der Waals surface area contributed by atoms with Gasteiger partial charge in [-0.05, 0) is 51.3 Å². The highest BCUT2D eigenvalue weighted by Crippen LogP contribution is 2.56. The summed E-state index contributed by atoms with van der Waals surface area (Å²) in [5.41, 5.74) is 17.8. The van der Waals surface area contributed by atoms with Crippen LogP contribution < -0.4 is 16.4 Å². The molecule has 0 spiro atoms. The lowest BCUT2D eigenvalue weighted by Crippen LogP contribution is -2.59. The Balaban J connectivity index is 1.53. The van der Waals surface area contributed by atoms with E-state index in [9.17, 15) is 0 Å². The maximum absolute atomic E-state index is 2.64. The predicted molar refractivity (Wildman–Crippen MR) is 177 cm³/mol. The molecule has 0 bridgehead atoms. The van der Waals surface area contributed by atoms with Gasteiger partial charge in [-0.25, -0.2) is 0 Å². The van der Waals surface area contributed by atoms with Gasteiger partial charge in [0, 0.05) is 43.7 Å². The first-order valence-electron chi connectivity index (χ1n) is 15.0. The number of hydrogen-bond acceptors (Lipinski definition) is 0. The van der Waals surface area contributed by atoms with Gasteiger partial charge >= 0.3 is 0 Å². The summed E-state index contributed by atoms with van der Waals surface area (Å²) >= 11 is 0. The van der Waals surface area contributed by atoms with Gasteiger partial charge in [-0.2, -0.15) is 0 Å². The van der Waals surface area contributed by atoms with Crippen LogP contribution in [0.25, 0.3) is 66.1 Å². The van der Waals surface area contributed by atoms with Crippen LogP contribution in [0.15, 0.2) is 115 Å². The molecule has 0 atom stereocenters. The summed E-state index contributed by atoms with van der Waals surface area (Å²) in [4.78, 5) is 0. The molecule has 1 aliphatic carbocycles. The lowest BCUT2D eigenvalue weighted by Gasteiger charge is -2.35. The quantitative estimate of drug-likeness (QED) is 0.181. The van der Waals surface area contributed by atoms with E-state index in [0.29, 0.717) is 0 Å². The summed E-state index contributed by atoms with van der Waals surface area (Å²) in [6.07, 6.45) is 0. The lowest BCUT2D eigenvalue weighted by molar-refractivity contribution is 0.666. The zero-order valence-electron chi connectivity index (χ0n) is 23.4. The summed E-state index contributed by atoms with van der Waals surface area (Å²) in [6, 6.07) is 43.4. The molecule has 4 heterocycles. The fourth-order valence-electron chi connectivity index (χ4n) is 9.19. The van der Waals surface area contributed by atoms with Crippen molar-refractivity contribution in [3.63, 3.8) is 0 Å². The number of hydrogen-bond donors (Lipinski definition) is 0. The highest BCUT2D eigenvalue weighted by atomic mass is 15.0. The molecular formula is C39H25BN2. The van der Waals surface area contributed by atoms with Crippen LogP contribution in [-0.4, -0.2) is 15.8 Å². The van der Waals surface area contributed by atoms with Crippen LogP contribution in [0.2, 0.25) is 0 Å². The molecule has 2 nitrogen and oxygen atoms in total. The molecule has 11 rings (SSSR count). The fraction of sp³-hybridized carbons (Fsp3) is 0.0769. The van der Waals surface area contributed by atoms with E-state index in [4.69, 9.17) is 0 Å². The highest BCUT2D eigenvalue weighted by Gasteiger charge is 2.47. The second-order valence-electron chi connectivity index (χ2n) is 12.8. The van der Waals surface area contributed by atoms with Crippen LogP contribution in [0.1, 0.15) is 25.0 Å². The SMILES string of the molecule is CC1(C)c2ccccc2-c2c3c4c5c(c21)c1ccccc1n5-c1ccccc1B4c1cccc2c4ccccc4n-3c12. The molecule has 0 fully saturated rings. The summed E-state index contributed by atoms with van der Waals surface area (Å²) < 4.78 is 5.23. The Bertz CT molecular complexity index is 2560. The molecule has 6 aromatic carbocycles. The van der Waals surface area contributed by atoms with Crippen molar-refractivity contribution >= 4 is 66.7 Å². The van der Waals surface area contributed by atoms with Gasteiger partial charge in [-0.15, -0.1) is 0 Å². The first kappa shape index (κ1) is 21.7. The molecule has 0 radical (unpaired) electrons. The van der Waals surface area contributed by atoms with Gasteiger partial charge in [0.25, 0.3) is 6.71 Å². The van der Waals surface area contributed by atoms with Crippen LogP contribution in [0.3, 0.4) is 0 Å². The van der Waals surface area contributed by atoms with E-state index in [-0.39, 0.29) is 12.1 Å². The first-order valence-corrected chi connectivity index (χ1v) is 15.0. The van der Waals surface area contributed by atoms with Crippen LogP contribution in [0, 0.1) is 0 Å². The van der Waals surface area contributed by atoms with E-state index in [1.807, 2.05) is 0 Å². The number of para-hydroxylation sites is 4. The Hall–Kier alpha value is -5.02. The minimum atomic E-state index is -0.137. The van der Waals surface area contributed by atoms with Crippen molar-refractivity contribution in [3.05, 3.63) is 126 Å². The Labute approximate surface area is 243 Å². The summed E-state index contributed by atoms with van der Waals surface area (Å²) in [6.45, 7) is 5.04. The number of fused-ring (bicyclic) bond motifs is 16. The van der Waals surface area contributed by atoms with Crippen LogP contribution in [-0.2, 0) is 5.41 Å². The Morgan fingerprint density at radius 3 is 2.12 bits per heavy atom. The summed E-state index contributed by atoms with van der Waals surface area (Å²) in [7, 11) is 0. The van der Waals surface area contributed by atoms with Gasteiger partial charge in [0.2, 0.25) is 0 Å². The molecule has 0 unspecified atom stereocenters. The van der Waals surface area contributed by atoms with Gasteiger partial charge in [0.15, 0.2) is 0 Å². The molecule has 2 aromatic heterocycles. The topological polar surface area (TPSA) is 9.86 Å². The highest BCUT2D eigenvalue weighted by molar-refractivity contribution is 7.00. The van der Waals surface area contributed by atoms with Crippen molar-refractivity contribution in [1.29, 1.82) is 0 Å². The standard InChI is InChI=1S/C39H25BN2/c1-39(2)26-16-6-3-13-24(26)32-34(39)33-25-14-5-9-20-30(25)41-31-21-10-7-17-27(31)40-28-18-11-15-23-22-12-4-8-19-29(22)42(36(23)28)38(32)35(40)37(33)41/h3-21H,1-2H3. The molecule has 3 heteroatoms. The maximum atomic E-state index is 2.64. The molecule has 0 N–H and O–H groups in total. The van der Waals surface area contributed by atoms with Crippen LogP contribution in [0.4, 0.5) is 0 Å². The van der Waals surface area contributed by atoms with Crippen molar-refractivity contribution < 1.29 is 0 Å². The summed E-state index contributed by atoms with van der Waals surface area (Å²) in [5.74, 6) is 0. The average molecular weight is 532 g/mol. The van der Waals surface area contributed by atoms with Gasteiger partial charge < -0.3 is 9.13 Å². The van der Waals surface area contributed by atoms with Crippen molar-refractivity contribution in [2.24, 2.45) is 0 Å². The third-order valence-corrected chi connectivity index (χ3v) is 10.7. The molecule has 8 aromatic rings. The van der Waals surface area contributed by atoms with E-state index < -0.39 is 0 Å². The minimum absolute atomic E-state index is 0.137. The second-order valence-corrected chi connectivity index (χ2v) is 12.8. The Kier molecular flexibility index (Phi) is 3.56. The van der Waals surface area contributed by atoms with Gasteiger partial charge in [-0.1, -0.05) is 111 Å². The van der Waals surface area contributed by atoms with Crippen LogP contribution >= 0.6 is 0 Å². The molecule has 0 saturated carbocycles. The van der Waals surface area contributed by atoms with Crippen molar-refractivity contribution in [2.75, 3.05) is 0 Å². The summed E-state index contributed by atoms with van der Waals surface area (Å²) in [5, 5.41) is 5.45. The Morgan fingerprint density at radius 1 is 0.571 bits per heavy atom. The van der Waals surface area contributed by atoms with E-state index in [1.54, 1.807) is 0 Å². The van der Waals surface area contributed by atoms with E-state index >= 15 is 0 Å². The molecular weight excluding hydrogens is 507 g/mol. The molecule has 2 aliphatic heterocycles. The van der Waals surface area contributed by atoms with Crippen molar-refractivity contribution in [2.45, 2.75) is 19.3 Å². The number of nitrogens with zero attached hydrogens (tertiary/aromatic N) is 2. The van der Waals surface area contributed by atoms with Crippen LogP contribution in [0.5, 0.6) is 0 Å². The smallest absolute Gasteiger partial charge is 0.252 e. The normalized spacial score (nSPS) is 15.0. The third-order valence-electron chi connectivity index (χ3n) is 10.7. The largest absolute Gasteiger partial charge is 0.310 e. The molecule has 3 aliphatic rings. The van der Waals surface area contributed by atoms with Gasteiger partial charge in [0.1, 0.15) is 0 Å². The minimum Gasteiger partial charge on any atom is -0.310 e. The van der Waals surface area contributed by atoms with E-state index in [2.05, 4.69) is 138 Å². The third kappa shape index (κ3) is 2.15. The first-order chi connectivity index (χ1) is 20.7. The van der Waals surface area contributed by atoms with Crippen molar-refractivity contribution in [1.82, 2.24) is 9.13 Å². The maximum Gasteiger partial charge on any atom is 0.252 e. The van der Waals surface area contributed by atoms with Crippen molar-refractivity contribution in [3.8, 4) is 22.5 Å². The van der Waals surface area contributed by atoms with E-state index in [1.165, 1.54) is 93.6 Å². The zero-order chi connectivity index (χ0) is 27.5. The Morgan fingerprint density at radius 2 is 1.24 bits per heavy atom. The molecule has 0 amide bonds. The number of benzene rings is 6. The monoisotopic (exact) mass is 532 g/mol. The lowest BCUT2D eigenvalue weighted by atomic mass is 9.34. The molecule has 194 valence electrons. The zero-order valence-corrected chi connectivity index (χ0v) is 23.4. The second kappa shape index (κ2) is 6.88. The molecule has 0 saturated heterocycles. The molecule has 42 heavy (non-hydrogen) atoms. The fourth-order valence-corrected chi connectivity index (χ4v) is 9.19. The number of aromatic nitrogens is 2. The van der Waals surface area contributed by atoms with E-state index in [0.717, 1.165) is 0 Å². The number of rotatable bonds is 0. The van der Waals surface area contributed by atoms with Gasteiger partial charge in [0.05, 0.1) is 22.2 Å². The average Bonchev–Trinajstić information content (AvgIpc) is 3.63.